The van der Waals surface area contributed by atoms with Gasteiger partial charge in [-0.1, -0.05) is 0 Å². The molecule has 0 radical (unpaired) electrons. The lowest BCUT2D eigenvalue weighted by Crippen LogP contribution is -2.64. The Bertz CT molecular complexity index is 235. The van der Waals surface area contributed by atoms with Crippen LogP contribution in [0.4, 0.5) is 0 Å². The van der Waals surface area contributed by atoms with Crippen molar-refractivity contribution in [1.82, 2.24) is 4.90 Å². The number of rotatable bonds is 5. The van der Waals surface area contributed by atoms with Gasteiger partial charge in [-0.05, 0) is 26.2 Å². The fourth-order valence-electron chi connectivity index (χ4n) is 2.05. The third kappa shape index (κ3) is 2.93. The van der Waals surface area contributed by atoms with Gasteiger partial charge in [0.1, 0.15) is 0 Å². The minimum atomic E-state index is -0.952. The third-order valence-electron chi connectivity index (χ3n) is 2.99. The van der Waals surface area contributed by atoms with Crippen molar-refractivity contribution in [2.45, 2.75) is 31.8 Å². The number of nitrogens with two attached hydrogens (primary N) is 1. The number of nitrogens with zero attached hydrogens (tertiary/aromatic N) is 1. The standard InChI is InChI=1S/C11H22N2O3/c1-3-16-10(14)11(12)6-4-5-7-13(11)8-9-15-2/h3-9,12H2,1-2H3. The summed E-state index contributed by atoms with van der Waals surface area (Å²) in [4.78, 5) is 13.8. The molecule has 16 heavy (non-hydrogen) atoms. The molecule has 0 aromatic rings. The number of esters is 1. The first-order valence-corrected chi connectivity index (χ1v) is 5.85. The van der Waals surface area contributed by atoms with E-state index in [1.807, 2.05) is 4.90 Å². The summed E-state index contributed by atoms with van der Waals surface area (Å²) >= 11 is 0. The molecule has 94 valence electrons. The Hall–Kier alpha value is -0.650. The number of hydrogen-bond donors (Lipinski definition) is 1. The molecule has 0 bridgehead atoms. The molecule has 1 aliphatic heterocycles. The Balaban J connectivity index is 2.66. The second-order valence-corrected chi connectivity index (χ2v) is 4.08. The summed E-state index contributed by atoms with van der Waals surface area (Å²) in [6.45, 7) is 4.25. The molecule has 1 rings (SSSR count). The van der Waals surface area contributed by atoms with E-state index in [1.54, 1.807) is 14.0 Å². The largest absolute Gasteiger partial charge is 0.464 e. The first-order valence-electron chi connectivity index (χ1n) is 5.85. The molecule has 0 saturated carbocycles. The molecule has 1 saturated heterocycles. The van der Waals surface area contributed by atoms with Crippen molar-refractivity contribution in [2.24, 2.45) is 5.73 Å². The van der Waals surface area contributed by atoms with E-state index in [1.165, 1.54) is 0 Å². The van der Waals surface area contributed by atoms with Crippen LogP contribution in [0.1, 0.15) is 26.2 Å². The summed E-state index contributed by atoms with van der Waals surface area (Å²) < 4.78 is 10.1. The molecule has 1 unspecified atom stereocenters. The summed E-state index contributed by atoms with van der Waals surface area (Å²) in [6.07, 6.45) is 2.70. The lowest BCUT2D eigenvalue weighted by Gasteiger charge is -2.42. The van der Waals surface area contributed by atoms with Crippen LogP contribution < -0.4 is 5.73 Å². The van der Waals surface area contributed by atoms with Gasteiger partial charge in [-0.3, -0.25) is 4.90 Å². The van der Waals surface area contributed by atoms with Crippen LogP contribution in [0.5, 0.6) is 0 Å². The van der Waals surface area contributed by atoms with E-state index in [2.05, 4.69) is 0 Å². The van der Waals surface area contributed by atoms with Gasteiger partial charge in [0, 0.05) is 20.2 Å². The van der Waals surface area contributed by atoms with E-state index in [9.17, 15) is 4.79 Å². The molecule has 2 N–H and O–H groups in total. The number of piperidine rings is 1. The highest BCUT2D eigenvalue weighted by molar-refractivity contribution is 5.80. The number of hydrogen-bond acceptors (Lipinski definition) is 5. The molecule has 0 aromatic heterocycles. The van der Waals surface area contributed by atoms with Gasteiger partial charge in [0.05, 0.1) is 13.2 Å². The van der Waals surface area contributed by atoms with Crippen molar-refractivity contribution >= 4 is 5.97 Å². The predicted molar refractivity (Wildman–Crippen MR) is 60.9 cm³/mol. The van der Waals surface area contributed by atoms with Gasteiger partial charge in [0.15, 0.2) is 5.66 Å². The second-order valence-electron chi connectivity index (χ2n) is 4.08. The lowest BCUT2D eigenvalue weighted by molar-refractivity contribution is -0.161. The first-order chi connectivity index (χ1) is 7.65. The minimum Gasteiger partial charge on any atom is -0.464 e. The summed E-state index contributed by atoms with van der Waals surface area (Å²) in [7, 11) is 1.65. The zero-order valence-electron chi connectivity index (χ0n) is 10.2. The van der Waals surface area contributed by atoms with Crippen LogP contribution in [0.25, 0.3) is 0 Å². The summed E-state index contributed by atoms with van der Waals surface area (Å²) in [6, 6.07) is 0. The van der Waals surface area contributed by atoms with Crippen molar-refractivity contribution in [3.05, 3.63) is 0 Å². The maximum absolute atomic E-state index is 11.9. The maximum Gasteiger partial charge on any atom is 0.341 e. The zero-order valence-corrected chi connectivity index (χ0v) is 10.2. The molecule has 1 aliphatic rings. The highest BCUT2D eigenvalue weighted by atomic mass is 16.5. The summed E-state index contributed by atoms with van der Waals surface area (Å²) in [5.74, 6) is -0.314. The van der Waals surface area contributed by atoms with Crippen LogP contribution in [0, 0.1) is 0 Å². The quantitative estimate of drug-likeness (QED) is 0.690. The molecule has 5 heteroatoms. The van der Waals surface area contributed by atoms with E-state index in [0.717, 1.165) is 19.4 Å². The van der Waals surface area contributed by atoms with Gasteiger partial charge in [0.2, 0.25) is 0 Å². The average Bonchev–Trinajstić information content (AvgIpc) is 2.28. The van der Waals surface area contributed by atoms with Gasteiger partial charge in [0.25, 0.3) is 0 Å². The topological polar surface area (TPSA) is 64.8 Å². The molecule has 0 amide bonds. The molecular weight excluding hydrogens is 208 g/mol. The highest BCUT2D eigenvalue weighted by Crippen LogP contribution is 2.24. The van der Waals surface area contributed by atoms with E-state index in [-0.39, 0.29) is 5.97 Å². The monoisotopic (exact) mass is 230 g/mol. The molecule has 1 heterocycles. The molecule has 0 aliphatic carbocycles. The van der Waals surface area contributed by atoms with Crippen molar-refractivity contribution in [1.29, 1.82) is 0 Å². The van der Waals surface area contributed by atoms with Crippen molar-refractivity contribution in [2.75, 3.05) is 33.4 Å². The molecule has 5 nitrogen and oxygen atoms in total. The Labute approximate surface area is 96.9 Å². The van der Waals surface area contributed by atoms with E-state index < -0.39 is 5.66 Å². The van der Waals surface area contributed by atoms with E-state index >= 15 is 0 Å². The molecule has 0 aromatic carbocycles. The molecule has 1 atom stereocenters. The SMILES string of the molecule is CCOC(=O)C1(N)CCCCN1CCOC. The van der Waals surface area contributed by atoms with E-state index in [4.69, 9.17) is 15.2 Å². The number of ether oxygens (including phenoxy) is 2. The smallest absolute Gasteiger partial charge is 0.341 e. The van der Waals surface area contributed by atoms with Gasteiger partial charge in [-0.15, -0.1) is 0 Å². The Morgan fingerprint density at radius 2 is 2.25 bits per heavy atom. The van der Waals surface area contributed by atoms with Gasteiger partial charge in [-0.2, -0.15) is 0 Å². The Kier molecular flexibility index (Phi) is 5.18. The minimum absolute atomic E-state index is 0.314. The van der Waals surface area contributed by atoms with Gasteiger partial charge >= 0.3 is 5.97 Å². The van der Waals surface area contributed by atoms with Crippen LogP contribution in [0.3, 0.4) is 0 Å². The molecule has 1 fully saturated rings. The summed E-state index contributed by atoms with van der Waals surface area (Å²) in [5, 5.41) is 0. The number of likely N-dealkylation sites (tertiary alicyclic amines) is 1. The Morgan fingerprint density at radius 1 is 1.50 bits per heavy atom. The van der Waals surface area contributed by atoms with Crippen LogP contribution in [-0.4, -0.2) is 49.9 Å². The average molecular weight is 230 g/mol. The lowest BCUT2D eigenvalue weighted by atomic mass is 9.96. The van der Waals surface area contributed by atoms with Crippen molar-refractivity contribution < 1.29 is 14.3 Å². The molecular formula is C11H22N2O3. The van der Waals surface area contributed by atoms with Crippen molar-refractivity contribution in [3.8, 4) is 0 Å². The van der Waals surface area contributed by atoms with E-state index in [0.29, 0.717) is 26.2 Å². The fourth-order valence-corrected chi connectivity index (χ4v) is 2.05. The summed E-state index contributed by atoms with van der Waals surface area (Å²) in [5.41, 5.74) is 5.22. The molecule has 0 spiro atoms. The maximum atomic E-state index is 11.9. The van der Waals surface area contributed by atoms with Crippen molar-refractivity contribution in [3.63, 3.8) is 0 Å². The Morgan fingerprint density at radius 3 is 2.88 bits per heavy atom. The zero-order chi connectivity index (χ0) is 12.0. The van der Waals surface area contributed by atoms with Gasteiger partial charge in [-0.25, -0.2) is 4.79 Å². The highest BCUT2D eigenvalue weighted by Gasteiger charge is 2.42. The number of methoxy groups -OCH3 is 1. The second kappa shape index (κ2) is 6.18. The number of carbonyl (C=O) groups excluding carboxylic acids is 1. The fraction of sp³-hybridized carbons (Fsp3) is 0.909. The van der Waals surface area contributed by atoms with Crippen LogP contribution in [-0.2, 0) is 14.3 Å². The first kappa shape index (κ1) is 13.4. The normalized spacial score (nSPS) is 26.7. The van der Waals surface area contributed by atoms with Crippen LogP contribution in [0.2, 0.25) is 0 Å². The number of carbonyl (C=O) groups is 1. The third-order valence-corrected chi connectivity index (χ3v) is 2.99. The van der Waals surface area contributed by atoms with Crippen LogP contribution >= 0.6 is 0 Å². The van der Waals surface area contributed by atoms with Crippen LogP contribution in [0.15, 0.2) is 0 Å². The van der Waals surface area contributed by atoms with Gasteiger partial charge < -0.3 is 15.2 Å². The predicted octanol–water partition coefficient (Wildman–Crippen LogP) is 0.337.